The molecular weight excluding hydrogens is 226 g/mol. The van der Waals surface area contributed by atoms with E-state index in [0.717, 1.165) is 11.4 Å². The molecule has 1 rings (SSSR count). The fourth-order valence-corrected chi connectivity index (χ4v) is 1.89. The topological polar surface area (TPSA) is 81.2 Å². The van der Waals surface area contributed by atoms with Crippen LogP contribution in [-0.4, -0.2) is 28.1 Å². The highest BCUT2D eigenvalue weighted by molar-refractivity contribution is 8.00. The normalized spacial score (nSPS) is 11.5. The predicted molar refractivity (Wildman–Crippen MR) is 65.5 cm³/mol. The van der Waals surface area contributed by atoms with Crippen LogP contribution in [0.5, 0.6) is 0 Å². The average Bonchev–Trinajstić information content (AvgIpc) is 2.48. The number of hydrogen-bond acceptors (Lipinski definition) is 5. The fraction of sp³-hybridized carbons (Fsp3) is 0.600. The van der Waals surface area contributed by atoms with E-state index in [4.69, 9.17) is 10.3 Å². The molecular formula is C10H17N3O2S. The van der Waals surface area contributed by atoms with E-state index in [0.29, 0.717) is 11.6 Å². The molecule has 1 aromatic rings. The Morgan fingerprint density at radius 1 is 1.69 bits per heavy atom. The number of anilines is 1. The summed E-state index contributed by atoms with van der Waals surface area (Å²) in [6, 6.07) is 1.68. The second kappa shape index (κ2) is 5.36. The van der Waals surface area contributed by atoms with Gasteiger partial charge in [-0.05, 0) is 20.8 Å². The number of hydrogen-bond donors (Lipinski definition) is 2. The van der Waals surface area contributed by atoms with Gasteiger partial charge in [-0.25, -0.2) is 0 Å². The van der Waals surface area contributed by atoms with Gasteiger partial charge in [-0.1, -0.05) is 5.16 Å². The molecule has 1 aromatic heterocycles. The standard InChI is InChI=1S/C10H17N3O2S/c1-7-4-9(15-13-7)12-8(14)5-16-6-10(2,3)11/h4H,5-6,11H2,1-3H3,(H,12,14). The van der Waals surface area contributed by atoms with E-state index < -0.39 is 0 Å². The number of nitrogens with zero attached hydrogens (tertiary/aromatic N) is 1. The van der Waals surface area contributed by atoms with Crippen molar-refractivity contribution in [1.82, 2.24) is 5.16 Å². The molecule has 0 bridgehead atoms. The van der Waals surface area contributed by atoms with Crippen molar-refractivity contribution < 1.29 is 9.32 Å². The Kier molecular flexibility index (Phi) is 4.37. The molecule has 0 spiro atoms. The van der Waals surface area contributed by atoms with Gasteiger partial charge in [0.2, 0.25) is 11.8 Å². The summed E-state index contributed by atoms with van der Waals surface area (Å²) in [6.45, 7) is 5.65. The summed E-state index contributed by atoms with van der Waals surface area (Å²) in [5.74, 6) is 1.37. The number of aryl methyl sites for hydroxylation is 1. The molecule has 0 unspecified atom stereocenters. The molecule has 5 nitrogen and oxygen atoms in total. The van der Waals surface area contributed by atoms with Gasteiger partial charge in [-0.2, -0.15) is 11.8 Å². The summed E-state index contributed by atoms with van der Waals surface area (Å²) in [5.41, 5.74) is 6.28. The number of carbonyl (C=O) groups excluding carboxylic acids is 1. The minimum Gasteiger partial charge on any atom is -0.338 e. The zero-order valence-corrected chi connectivity index (χ0v) is 10.6. The Hall–Kier alpha value is -1.01. The monoisotopic (exact) mass is 243 g/mol. The minimum atomic E-state index is -0.256. The zero-order chi connectivity index (χ0) is 12.2. The Morgan fingerprint density at radius 2 is 2.38 bits per heavy atom. The summed E-state index contributed by atoms with van der Waals surface area (Å²) >= 11 is 1.50. The first-order chi connectivity index (χ1) is 7.37. The Balaban J connectivity index is 2.26. The SMILES string of the molecule is Cc1cc(NC(=O)CSCC(C)(C)N)on1. The third kappa shape index (κ3) is 5.18. The molecule has 0 fully saturated rings. The van der Waals surface area contributed by atoms with Crippen LogP contribution in [0.1, 0.15) is 19.5 Å². The third-order valence-corrected chi connectivity index (χ3v) is 3.01. The summed E-state index contributed by atoms with van der Waals surface area (Å²) in [7, 11) is 0. The molecule has 6 heteroatoms. The van der Waals surface area contributed by atoms with Crippen LogP contribution in [0.25, 0.3) is 0 Å². The first-order valence-corrected chi connectivity index (χ1v) is 6.12. The Bertz CT molecular complexity index is 357. The summed E-state index contributed by atoms with van der Waals surface area (Å²) in [6.07, 6.45) is 0. The maximum atomic E-state index is 11.4. The summed E-state index contributed by atoms with van der Waals surface area (Å²) in [4.78, 5) is 11.4. The van der Waals surface area contributed by atoms with E-state index in [9.17, 15) is 4.79 Å². The number of carbonyl (C=O) groups is 1. The van der Waals surface area contributed by atoms with Crippen molar-refractivity contribution in [3.05, 3.63) is 11.8 Å². The van der Waals surface area contributed by atoms with Crippen molar-refractivity contribution in [3.8, 4) is 0 Å². The molecule has 0 aliphatic heterocycles. The van der Waals surface area contributed by atoms with E-state index >= 15 is 0 Å². The highest BCUT2D eigenvalue weighted by Crippen LogP contribution is 2.12. The summed E-state index contributed by atoms with van der Waals surface area (Å²) < 4.78 is 4.87. The van der Waals surface area contributed by atoms with Crippen LogP contribution in [0, 0.1) is 6.92 Å². The van der Waals surface area contributed by atoms with Crippen molar-refractivity contribution >= 4 is 23.6 Å². The van der Waals surface area contributed by atoms with Crippen LogP contribution in [0.2, 0.25) is 0 Å². The second-order valence-electron chi connectivity index (χ2n) is 4.36. The van der Waals surface area contributed by atoms with Gasteiger partial charge in [0.15, 0.2) is 0 Å². The average molecular weight is 243 g/mol. The number of aromatic nitrogens is 1. The molecule has 1 heterocycles. The molecule has 0 radical (unpaired) electrons. The van der Waals surface area contributed by atoms with Crippen molar-refractivity contribution in [3.63, 3.8) is 0 Å². The number of nitrogens with one attached hydrogen (secondary N) is 1. The van der Waals surface area contributed by atoms with Crippen LogP contribution in [0.4, 0.5) is 5.88 Å². The minimum absolute atomic E-state index is 0.106. The summed E-state index contributed by atoms with van der Waals surface area (Å²) in [5, 5.41) is 6.29. The highest BCUT2D eigenvalue weighted by Gasteiger charge is 2.12. The third-order valence-electron chi connectivity index (χ3n) is 1.60. The van der Waals surface area contributed by atoms with Gasteiger partial charge in [0.25, 0.3) is 0 Å². The van der Waals surface area contributed by atoms with Crippen LogP contribution in [0.15, 0.2) is 10.6 Å². The van der Waals surface area contributed by atoms with Crippen LogP contribution < -0.4 is 11.1 Å². The van der Waals surface area contributed by atoms with Crippen molar-refractivity contribution in [2.45, 2.75) is 26.3 Å². The van der Waals surface area contributed by atoms with E-state index in [2.05, 4.69) is 10.5 Å². The number of amides is 1. The van der Waals surface area contributed by atoms with Gasteiger partial charge < -0.3 is 10.3 Å². The van der Waals surface area contributed by atoms with Crippen molar-refractivity contribution in [2.24, 2.45) is 5.73 Å². The lowest BCUT2D eigenvalue weighted by Gasteiger charge is -2.16. The van der Waals surface area contributed by atoms with Crippen molar-refractivity contribution in [2.75, 3.05) is 16.8 Å². The van der Waals surface area contributed by atoms with Gasteiger partial charge in [-0.3, -0.25) is 10.1 Å². The van der Waals surface area contributed by atoms with E-state index in [1.54, 1.807) is 13.0 Å². The molecule has 3 N–H and O–H groups in total. The lowest BCUT2D eigenvalue weighted by Crippen LogP contribution is -2.35. The molecule has 0 aliphatic carbocycles. The highest BCUT2D eigenvalue weighted by atomic mass is 32.2. The van der Waals surface area contributed by atoms with Gasteiger partial charge in [0.1, 0.15) is 0 Å². The Labute approximate surface area is 99.1 Å². The van der Waals surface area contributed by atoms with E-state index in [1.165, 1.54) is 11.8 Å². The van der Waals surface area contributed by atoms with Gasteiger partial charge in [0, 0.05) is 17.4 Å². The first-order valence-electron chi connectivity index (χ1n) is 4.96. The van der Waals surface area contributed by atoms with Gasteiger partial charge in [-0.15, -0.1) is 0 Å². The van der Waals surface area contributed by atoms with E-state index in [-0.39, 0.29) is 11.4 Å². The van der Waals surface area contributed by atoms with E-state index in [1.807, 2.05) is 13.8 Å². The number of thioether (sulfide) groups is 1. The predicted octanol–water partition coefficient (Wildman–Crippen LogP) is 1.39. The second-order valence-corrected chi connectivity index (χ2v) is 5.35. The van der Waals surface area contributed by atoms with Gasteiger partial charge in [0.05, 0.1) is 11.4 Å². The smallest absolute Gasteiger partial charge is 0.236 e. The molecule has 16 heavy (non-hydrogen) atoms. The molecule has 0 saturated carbocycles. The molecule has 0 atom stereocenters. The zero-order valence-electron chi connectivity index (χ0n) is 9.74. The fourth-order valence-electron chi connectivity index (χ4n) is 1.00. The lowest BCUT2D eigenvalue weighted by atomic mass is 10.1. The first kappa shape index (κ1) is 13.1. The number of nitrogens with two attached hydrogens (primary N) is 1. The largest absolute Gasteiger partial charge is 0.338 e. The van der Waals surface area contributed by atoms with Crippen LogP contribution >= 0.6 is 11.8 Å². The Morgan fingerprint density at radius 3 is 2.88 bits per heavy atom. The van der Waals surface area contributed by atoms with Crippen molar-refractivity contribution in [1.29, 1.82) is 0 Å². The quantitative estimate of drug-likeness (QED) is 0.816. The number of rotatable bonds is 5. The molecule has 0 aliphatic rings. The maximum Gasteiger partial charge on any atom is 0.236 e. The maximum absolute atomic E-state index is 11.4. The van der Waals surface area contributed by atoms with Gasteiger partial charge >= 0.3 is 0 Å². The van der Waals surface area contributed by atoms with Crippen LogP contribution in [-0.2, 0) is 4.79 Å². The lowest BCUT2D eigenvalue weighted by molar-refractivity contribution is -0.113. The molecule has 0 aromatic carbocycles. The van der Waals surface area contributed by atoms with Crippen LogP contribution in [0.3, 0.4) is 0 Å². The molecule has 1 amide bonds. The molecule has 90 valence electrons. The molecule has 0 saturated heterocycles.